The van der Waals surface area contributed by atoms with Crippen molar-refractivity contribution in [1.29, 1.82) is 0 Å². The number of carbonyl (C=O) groups excluding carboxylic acids is 2. The van der Waals surface area contributed by atoms with Crippen LogP contribution in [-0.2, 0) is 4.79 Å². The van der Waals surface area contributed by atoms with Crippen molar-refractivity contribution in [3.05, 3.63) is 53.9 Å². The summed E-state index contributed by atoms with van der Waals surface area (Å²) in [5, 5.41) is 11.0. The molecule has 21 heavy (non-hydrogen) atoms. The van der Waals surface area contributed by atoms with Gasteiger partial charge in [0.15, 0.2) is 0 Å². The third kappa shape index (κ3) is 4.22. The first-order valence-electron chi connectivity index (χ1n) is 6.00. The number of imide groups is 1. The number of thioether (sulfide) groups is 1. The number of carboxylic acids is 1. The summed E-state index contributed by atoms with van der Waals surface area (Å²) in [7, 11) is 0. The molecule has 3 N–H and O–H groups in total. The van der Waals surface area contributed by atoms with Crippen LogP contribution in [0.2, 0.25) is 0 Å². The topological polar surface area (TPSA) is 99.3 Å². The van der Waals surface area contributed by atoms with Crippen molar-refractivity contribution in [1.82, 2.24) is 10.3 Å². The van der Waals surface area contributed by atoms with E-state index in [9.17, 15) is 14.4 Å². The number of carboxylic acid groups (broad SMARTS) is 1. The van der Waals surface area contributed by atoms with E-state index in [4.69, 9.17) is 5.11 Å². The first kappa shape index (κ1) is 14.9. The van der Waals surface area contributed by atoms with Gasteiger partial charge in [0.2, 0.25) is 5.91 Å². The number of hydrogen-bond donors (Lipinski definition) is 3. The Morgan fingerprint density at radius 2 is 1.86 bits per heavy atom. The predicted octanol–water partition coefficient (Wildman–Crippen LogP) is 1.76. The highest BCUT2D eigenvalue weighted by molar-refractivity contribution is 8.00. The molecule has 2 amide bonds. The zero-order chi connectivity index (χ0) is 15.2. The highest BCUT2D eigenvalue weighted by Crippen LogP contribution is 2.18. The minimum absolute atomic E-state index is 0.0683. The molecule has 7 heteroatoms. The normalized spacial score (nSPS) is 10.1. The fraction of sp³-hybridized carbons (Fsp3) is 0.0714. The van der Waals surface area contributed by atoms with Crippen molar-refractivity contribution in [3.8, 4) is 0 Å². The molecule has 0 aliphatic heterocycles. The number of aromatic carboxylic acids is 1. The van der Waals surface area contributed by atoms with Gasteiger partial charge in [0.05, 0.1) is 11.3 Å². The van der Waals surface area contributed by atoms with Gasteiger partial charge in [0, 0.05) is 11.1 Å². The molecule has 0 spiro atoms. The largest absolute Gasteiger partial charge is 0.478 e. The van der Waals surface area contributed by atoms with Gasteiger partial charge >= 0.3 is 5.97 Å². The van der Waals surface area contributed by atoms with Crippen LogP contribution in [0.1, 0.15) is 20.8 Å². The van der Waals surface area contributed by atoms with E-state index < -0.39 is 17.8 Å². The summed E-state index contributed by atoms with van der Waals surface area (Å²) in [5.41, 5.74) is 0.505. The Morgan fingerprint density at radius 3 is 2.43 bits per heavy atom. The first-order chi connectivity index (χ1) is 10.1. The lowest BCUT2D eigenvalue weighted by Crippen LogP contribution is -2.32. The van der Waals surface area contributed by atoms with Crippen molar-refractivity contribution >= 4 is 29.5 Å². The molecule has 1 heterocycles. The molecule has 0 radical (unpaired) electrons. The zero-order valence-electron chi connectivity index (χ0n) is 10.8. The Bertz CT molecular complexity index is 650. The minimum atomic E-state index is -0.999. The van der Waals surface area contributed by atoms with Gasteiger partial charge in [-0.25, -0.2) is 4.79 Å². The molecule has 0 aliphatic carbocycles. The van der Waals surface area contributed by atoms with E-state index in [1.807, 2.05) is 0 Å². The number of hydrogen-bond acceptors (Lipinski definition) is 4. The van der Waals surface area contributed by atoms with Crippen molar-refractivity contribution in [2.24, 2.45) is 0 Å². The Balaban J connectivity index is 1.83. The quantitative estimate of drug-likeness (QED) is 0.731. The zero-order valence-corrected chi connectivity index (χ0v) is 11.6. The van der Waals surface area contributed by atoms with Crippen LogP contribution in [0.3, 0.4) is 0 Å². The van der Waals surface area contributed by atoms with E-state index in [0.717, 1.165) is 4.90 Å². The Hall–Kier alpha value is -2.54. The molecule has 6 nitrogen and oxygen atoms in total. The fourth-order valence-electron chi connectivity index (χ4n) is 1.54. The monoisotopic (exact) mass is 304 g/mol. The van der Waals surface area contributed by atoms with Crippen molar-refractivity contribution < 1.29 is 19.5 Å². The van der Waals surface area contributed by atoms with E-state index in [0.29, 0.717) is 5.69 Å². The lowest BCUT2D eigenvalue weighted by Gasteiger charge is -2.03. The number of benzene rings is 1. The van der Waals surface area contributed by atoms with Crippen molar-refractivity contribution in [3.63, 3.8) is 0 Å². The summed E-state index contributed by atoms with van der Waals surface area (Å²) >= 11 is 1.22. The SMILES string of the molecule is O=C(CSc1ccc(C(=O)O)cc1)NC(=O)c1ccc[nH]1. The molecule has 0 aliphatic rings. The molecular formula is C14H12N2O4S. The molecule has 0 bridgehead atoms. The molecule has 0 saturated heterocycles. The second-order valence-electron chi connectivity index (χ2n) is 4.08. The lowest BCUT2D eigenvalue weighted by molar-refractivity contribution is -0.117. The van der Waals surface area contributed by atoms with Gasteiger partial charge in [0.25, 0.3) is 5.91 Å². The third-order valence-corrected chi connectivity index (χ3v) is 3.58. The molecule has 2 aromatic rings. The first-order valence-corrected chi connectivity index (χ1v) is 6.98. The summed E-state index contributed by atoms with van der Waals surface area (Å²) in [6.45, 7) is 0. The minimum Gasteiger partial charge on any atom is -0.478 e. The smallest absolute Gasteiger partial charge is 0.335 e. The average Bonchev–Trinajstić information content (AvgIpc) is 3.00. The Labute approximate surface area is 124 Å². The highest BCUT2D eigenvalue weighted by atomic mass is 32.2. The molecule has 1 aromatic heterocycles. The van der Waals surface area contributed by atoms with Crippen molar-refractivity contribution in [2.75, 3.05) is 5.75 Å². The molecule has 0 atom stereocenters. The van der Waals surface area contributed by atoms with E-state index >= 15 is 0 Å². The summed E-state index contributed by atoms with van der Waals surface area (Å²) < 4.78 is 0. The second-order valence-corrected chi connectivity index (χ2v) is 5.13. The van der Waals surface area contributed by atoms with Gasteiger partial charge < -0.3 is 10.1 Å². The standard InChI is InChI=1S/C14H12N2O4S/c17-12(16-13(18)11-2-1-7-15-11)8-21-10-5-3-9(4-6-10)14(19)20/h1-7,15H,8H2,(H,19,20)(H,16,17,18). The highest BCUT2D eigenvalue weighted by Gasteiger charge is 2.11. The van der Waals surface area contributed by atoms with Gasteiger partial charge in [-0.05, 0) is 36.4 Å². The average molecular weight is 304 g/mol. The lowest BCUT2D eigenvalue weighted by atomic mass is 10.2. The van der Waals surface area contributed by atoms with E-state index in [1.165, 1.54) is 23.9 Å². The number of carbonyl (C=O) groups is 3. The summed E-state index contributed by atoms with van der Waals surface area (Å²) in [4.78, 5) is 37.4. The number of aromatic amines is 1. The van der Waals surface area contributed by atoms with Crippen molar-refractivity contribution in [2.45, 2.75) is 4.90 Å². The number of H-pyrrole nitrogens is 1. The molecule has 1 aromatic carbocycles. The number of aromatic nitrogens is 1. The number of rotatable bonds is 5. The maximum Gasteiger partial charge on any atom is 0.335 e. The number of nitrogens with one attached hydrogen (secondary N) is 2. The summed E-state index contributed by atoms with van der Waals surface area (Å²) in [6, 6.07) is 9.40. The molecular weight excluding hydrogens is 292 g/mol. The van der Waals surface area contributed by atoms with Crippen LogP contribution >= 0.6 is 11.8 Å². The van der Waals surface area contributed by atoms with Gasteiger partial charge in [-0.3, -0.25) is 14.9 Å². The maximum atomic E-state index is 11.6. The third-order valence-electron chi connectivity index (χ3n) is 2.57. The Morgan fingerprint density at radius 1 is 1.14 bits per heavy atom. The molecule has 0 saturated carbocycles. The van der Waals surface area contributed by atoms with Gasteiger partial charge in [-0.15, -0.1) is 11.8 Å². The molecule has 0 fully saturated rings. The van der Waals surface area contributed by atoms with Gasteiger partial charge in [-0.2, -0.15) is 0 Å². The van der Waals surface area contributed by atoms with E-state index in [-0.39, 0.29) is 11.3 Å². The van der Waals surface area contributed by atoms with Crippen LogP contribution < -0.4 is 5.32 Å². The summed E-state index contributed by atoms with van der Waals surface area (Å²) in [5.74, 6) is -1.83. The summed E-state index contributed by atoms with van der Waals surface area (Å²) in [6.07, 6.45) is 1.60. The second kappa shape index (κ2) is 6.76. The van der Waals surface area contributed by atoms with Crippen LogP contribution in [0.5, 0.6) is 0 Å². The van der Waals surface area contributed by atoms with Gasteiger partial charge in [-0.1, -0.05) is 0 Å². The van der Waals surface area contributed by atoms with Crippen LogP contribution in [-0.4, -0.2) is 33.6 Å². The molecule has 108 valence electrons. The van der Waals surface area contributed by atoms with Crippen LogP contribution in [0, 0.1) is 0 Å². The molecule has 2 rings (SSSR count). The van der Waals surface area contributed by atoms with E-state index in [1.54, 1.807) is 30.5 Å². The fourth-order valence-corrected chi connectivity index (χ4v) is 2.24. The van der Waals surface area contributed by atoms with Gasteiger partial charge in [0.1, 0.15) is 5.69 Å². The van der Waals surface area contributed by atoms with Crippen LogP contribution in [0.25, 0.3) is 0 Å². The molecule has 0 unspecified atom stereocenters. The predicted molar refractivity (Wildman–Crippen MR) is 77.4 cm³/mol. The van der Waals surface area contributed by atoms with E-state index in [2.05, 4.69) is 10.3 Å². The maximum absolute atomic E-state index is 11.6. The Kier molecular flexibility index (Phi) is 4.78. The van der Waals surface area contributed by atoms with Crippen LogP contribution in [0.4, 0.5) is 0 Å². The number of amides is 2. The van der Waals surface area contributed by atoms with Crippen LogP contribution in [0.15, 0.2) is 47.5 Å².